The number of aryl methyl sites for hydroxylation is 1. The fraction of sp³-hybridized carbons (Fsp3) is 0.429. The van der Waals surface area contributed by atoms with E-state index in [1.807, 2.05) is 31.2 Å². The van der Waals surface area contributed by atoms with Crippen molar-refractivity contribution in [3.63, 3.8) is 0 Å². The Labute approximate surface area is 131 Å². The van der Waals surface area contributed by atoms with E-state index >= 15 is 0 Å². The van der Waals surface area contributed by atoms with Gasteiger partial charge in [-0.2, -0.15) is 4.68 Å². The second kappa shape index (κ2) is 5.08. The molecule has 4 rings (SSSR count). The van der Waals surface area contributed by atoms with Crippen LogP contribution in [0.25, 0.3) is 5.69 Å². The number of rotatable bonds is 2. The lowest BCUT2D eigenvalue weighted by Gasteiger charge is -2.25. The van der Waals surface area contributed by atoms with Crippen LogP contribution in [0.1, 0.15) is 18.0 Å². The van der Waals surface area contributed by atoms with E-state index in [2.05, 4.69) is 10.4 Å². The van der Waals surface area contributed by atoms with Crippen LogP contribution in [0, 0.1) is 11.7 Å². The smallest absolute Gasteiger partial charge is 0.221 e. The molecule has 0 aliphatic carbocycles. The Kier molecular flexibility index (Phi) is 3.17. The number of aromatic nitrogens is 4. The number of fused-ring (bicyclic) bond motifs is 2. The molecule has 2 bridgehead atoms. The van der Waals surface area contributed by atoms with E-state index in [1.165, 1.54) is 0 Å². The lowest BCUT2D eigenvalue weighted by atomic mass is 10.0. The van der Waals surface area contributed by atoms with Gasteiger partial charge in [-0.25, -0.2) is 4.68 Å². The zero-order chi connectivity index (χ0) is 15.3. The molecule has 22 heavy (non-hydrogen) atoms. The number of tetrazole rings is 1. The minimum atomic E-state index is -0.720. The van der Waals surface area contributed by atoms with E-state index < -0.39 is 6.29 Å². The molecule has 1 aromatic carbocycles. The molecule has 8 heteroatoms. The van der Waals surface area contributed by atoms with Crippen molar-refractivity contribution in [3.05, 3.63) is 34.6 Å². The number of ether oxygens (including phenoxy) is 2. The molecule has 3 atom stereocenters. The monoisotopic (exact) mass is 318 g/mol. The Hall–Kier alpha value is -1.90. The van der Waals surface area contributed by atoms with E-state index in [4.69, 9.17) is 21.7 Å². The van der Waals surface area contributed by atoms with Gasteiger partial charge in [0.2, 0.25) is 11.1 Å². The average molecular weight is 318 g/mol. The molecular weight excluding hydrogens is 304 g/mol. The standard InChI is InChI=1S/C14H14N4O3S/c1-8-2-4-9(5-3-8)17-14(22)18(16-15-17)10-6-11(19)13-20-7-12(10)21-13/h2-5,10,12-13H,6-7H2,1H3. The lowest BCUT2D eigenvalue weighted by molar-refractivity contribution is -0.156. The number of nitrogens with zero attached hydrogens (tertiary/aromatic N) is 4. The number of Topliss-reactive ketones (excluding diaryl/α,β-unsaturated/α-hetero) is 1. The highest BCUT2D eigenvalue weighted by molar-refractivity contribution is 7.71. The summed E-state index contributed by atoms with van der Waals surface area (Å²) < 4.78 is 14.5. The number of hydrogen-bond donors (Lipinski definition) is 0. The van der Waals surface area contributed by atoms with Gasteiger partial charge in [0.15, 0.2) is 5.78 Å². The molecule has 0 radical (unpaired) electrons. The van der Waals surface area contributed by atoms with Gasteiger partial charge in [0.05, 0.1) is 18.3 Å². The molecule has 3 unspecified atom stereocenters. The van der Waals surface area contributed by atoms with Crippen molar-refractivity contribution in [2.24, 2.45) is 0 Å². The highest BCUT2D eigenvalue weighted by Gasteiger charge is 2.45. The summed E-state index contributed by atoms with van der Waals surface area (Å²) in [6.07, 6.45) is -0.629. The van der Waals surface area contributed by atoms with E-state index in [0.29, 0.717) is 17.8 Å². The van der Waals surface area contributed by atoms with Gasteiger partial charge >= 0.3 is 0 Å². The van der Waals surface area contributed by atoms with Crippen molar-refractivity contribution in [1.29, 1.82) is 0 Å². The summed E-state index contributed by atoms with van der Waals surface area (Å²) in [6, 6.07) is 7.57. The molecule has 114 valence electrons. The topological polar surface area (TPSA) is 71.2 Å². The number of hydrogen-bond acceptors (Lipinski definition) is 6. The predicted molar refractivity (Wildman–Crippen MR) is 78.2 cm³/mol. The third-order valence-corrected chi connectivity index (χ3v) is 4.37. The van der Waals surface area contributed by atoms with Crippen LogP contribution in [0.3, 0.4) is 0 Å². The summed E-state index contributed by atoms with van der Waals surface area (Å²) in [5.41, 5.74) is 1.99. The first kappa shape index (κ1) is 13.7. The minimum absolute atomic E-state index is 0.0782. The van der Waals surface area contributed by atoms with E-state index in [0.717, 1.165) is 11.3 Å². The first-order valence-corrected chi connectivity index (χ1v) is 7.45. The van der Waals surface area contributed by atoms with Crippen LogP contribution < -0.4 is 0 Å². The minimum Gasteiger partial charge on any atom is -0.343 e. The number of benzene rings is 1. The average Bonchev–Trinajstić information content (AvgIpc) is 3.10. The highest BCUT2D eigenvalue weighted by Crippen LogP contribution is 2.32. The Bertz CT molecular complexity index is 782. The summed E-state index contributed by atoms with van der Waals surface area (Å²) >= 11 is 5.47. The Balaban J connectivity index is 1.71. The maximum Gasteiger partial charge on any atom is 0.221 e. The zero-order valence-corrected chi connectivity index (χ0v) is 12.7. The van der Waals surface area contributed by atoms with Gasteiger partial charge in [-0.3, -0.25) is 4.79 Å². The number of carbonyl (C=O) groups is 1. The zero-order valence-electron chi connectivity index (χ0n) is 11.9. The van der Waals surface area contributed by atoms with Crippen LogP contribution in [0.5, 0.6) is 0 Å². The number of carbonyl (C=O) groups excluding carboxylic acids is 1. The van der Waals surface area contributed by atoms with Gasteiger partial charge in [0, 0.05) is 6.42 Å². The third kappa shape index (κ3) is 2.11. The summed E-state index contributed by atoms with van der Waals surface area (Å²) in [4.78, 5) is 11.9. The Morgan fingerprint density at radius 1 is 1.27 bits per heavy atom. The van der Waals surface area contributed by atoms with E-state index in [1.54, 1.807) is 9.36 Å². The number of ketones is 1. The molecule has 2 saturated heterocycles. The Morgan fingerprint density at radius 3 is 2.82 bits per heavy atom. The third-order valence-electron chi connectivity index (χ3n) is 4.01. The molecular formula is C14H14N4O3S. The van der Waals surface area contributed by atoms with Gasteiger partial charge in [-0.05, 0) is 41.7 Å². The van der Waals surface area contributed by atoms with Gasteiger partial charge < -0.3 is 9.47 Å². The van der Waals surface area contributed by atoms with Crippen molar-refractivity contribution >= 4 is 18.0 Å². The van der Waals surface area contributed by atoms with Gasteiger partial charge in [0.25, 0.3) is 0 Å². The molecule has 2 fully saturated rings. The molecule has 0 saturated carbocycles. The van der Waals surface area contributed by atoms with Crippen LogP contribution >= 0.6 is 12.2 Å². The van der Waals surface area contributed by atoms with Crippen LogP contribution in [0.4, 0.5) is 0 Å². The summed E-state index contributed by atoms with van der Waals surface area (Å²) in [5, 5.41) is 8.24. The second-order valence-corrected chi connectivity index (χ2v) is 5.90. The van der Waals surface area contributed by atoms with Crippen molar-refractivity contribution in [1.82, 2.24) is 19.8 Å². The van der Waals surface area contributed by atoms with Crippen LogP contribution in [0.15, 0.2) is 24.3 Å². The SMILES string of the molecule is Cc1ccc(-n2nnn(C3CC(=O)C4OCC3O4)c2=S)cc1. The van der Waals surface area contributed by atoms with Crippen molar-refractivity contribution < 1.29 is 14.3 Å². The largest absolute Gasteiger partial charge is 0.343 e. The summed E-state index contributed by atoms with van der Waals surface area (Å²) in [5.74, 6) is -0.0782. The molecule has 2 aliphatic heterocycles. The first-order valence-electron chi connectivity index (χ1n) is 7.05. The highest BCUT2D eigenvalue weighted by atomic mass is 32.1. The molecule has 2 aliphatic rings. The second-order valence-electron chi connectivity index (χ2n) is 5.53. The normalized spacial score (nSPS) is 27.3. The van der Waals surface area contributed by atoms with Gasteiger partial charge in [0.1, 0.15) is 6.10 Å². The van der Waals surface area contributed by atoms with E-state index in [9.17, 15) is 4.79 Å². The van der Waals surface area contributed by atoms with Crippen LogP contribution in [-0.4, -0.2) is 44.6 Å². The van der Waals surface area contributed by atoms with Crippen LogP contribution in [-0.2, 0) is 14.3 Å². The van der Waals surface area contributed by atoms with Crippen molar-refractivity contribution in [2.45, 2.75) is 31.8 Å². The Morgan fingerprint density at radius 2 is 2.05 bits per heavy atom. The first-order chi connectivity index (χ1) is 10.6. The quantitative estimate of drug-likeness (QED) is 0.779. The van der Waals surface area contributed by atoms with E-state index in [-0.39, 0.29) is 17.9 Å². The predicted octanol–water partition coefficient (Wildman–Crippen LogP) is 1.36. The van der Waals surface area contributed by atoms with Gasteiger partial charge in [-0.1, -0.05) is 17.7 Å². The molecule has 3 heterocycles. The van der Waals surface area contributed by atoms with Crippen molar-refractivity contribution in [2.75, 3.05) is 6.61 Å². The van der Waals surface area contributed by atoms with Gasteiger partial charge in [-0.15, -0.1) is 0 Å². The van der Waals surface area contributed by atoms with Crippen LogP contribution in [0.2, 0.25) is 0 Å². The maximum atomic E-state index is 11.9. The molecule has 0 N–H and O–H groups in total. The van der Waals surface area contributed by atoms with Crippen molar-refractivity contribution in [3.8, 4) is 5.69 Å². The molecule has 1 aromatic heterocycles. The molecule has 7 nitrogen and oxygen atoms in total. The summed E-state index contributed by atoms with van der Waals surface area (Å²) in [7, 11) is 0. The molecule has 0 spiro atoms. The fourth-order valence-corrected chi connectivity index (χ4v) is 3.09. The fourth-order valence-electron chi connectivity index (χ4n) is 2.78. The maximum absolute atomic E-state index is 11.9. The lowest BCUT2D eigenvalue weighted by Crippen LogP contribution is -2.37. The molecule has 0 amide bonds. The molecule has 2 aromatic rings. The summed E-state index contributed by atoms with van der Waals surface area (Å²) in [6.45, 7) is 2.39.